The lowest BCUT2D eigenvalue weighted by atomic mass is 9.99. The van der Waals surface area contributed by atoms with Gasteiger partial charge in [-0.25, -0.2) is 0 Å². The molecule has 2 nitrogen and oxygen atoms in total. The second kappa shape index (κ2) is 3.60. The fourth-order valence-electron chi connectivity index (χ4n) is 1.42. The molecule has 0 spiro atoms. The summed E-state index contributed by atoms with van der Waals surface area (Å²) >= 11 is 0. The summed E-state index contributed by atoms with van der Waals surface area (Å²) in [7, 11) is 0. The lowest BCUT2D eigenvalue weighted by molar-refractivity contribution is 0.468. The highest BCUT2D eigenvalue weighted by molar-refractivity contribution is 5.97. The quantitative estimate of drug-likeness (QED) is 0.670. The van der Waals surface area contributed by atoms with Crippen molar-refractivity contribution in [2.24, 2.45) is 0 Å². The molecule has 2 heteroatoms. The summed E-state index contributed by atoms with van der Waals surface area (Å²) in [5, 5.41) is 17.1. The van der Waals surface area contributed by atoms with Gasteiger partial charge in [0, 0.05) is 5.71 Å². The number of aromatic hydroxyl groups is 1. The molecule has 0 saturated heterocycles. The molecule has 0 aliphatic heterocycles. The third-order valence-electron chi connectivity index (χ3n) is 2.21. The van der Waals surface area contributed by atoms with E-state index in [1.807, 2.05) is 19.9 Å². The number of hydrogen-bond donors (Lipinski definition) is 2. The van der Waals surface area contributed by atoms with Crippen LogP contribution in [0.2, 0.25) is 0 Å². The Kier molecular flexibility index (Phi) is 2.71. The smallest absolute Gasteiger partial charge is 0.119 e. The predicted octanol–water partition coefficient (Wildman–Crippen LogP) is 2.65. The van der Waals surface area contributed by atoms with Crippen LogP contribution in [-0.4, -0.2) is 10.8 Å². The molecule has 0 unspecified atom stereocenters. The number of phenols is 1. The molecule has 2 N–H and O–H groups in total. The standard InChI is InChI=1S/C11H15NO/c1-4-9-6-10(8(3)12)7(2)5-11(9)13/h5-6,12-13H,4H2,1-3H3. The fourth-order valence-corrected chi connectivity index (χ4v) is 1.42. The van der Waals surface area contributed by atoms with Gasteiger partial charge in [0.05, 0.1) is 0 Å². The third kappa shape index (κ3) is 1.89. The SMILES string of the molecule is CCc1cc(C(C)=N)c(C)cc1O. The minimum atomic E-state index is 0.338. The van der Waals surface area contributed by atoms with E-state index in [1.165, 1.54) is 0 Å². The number of aryl methyl sites for hydroxylation is 2. The third-order valence-corrected chi connectivity index (χ3v) is 2.21. The van der Waals surface area contributed by atoms with Gasteiger partial charge in [0.15, 0.2) is 0 Å². The van der Waals surface area contributed by atoms with Crippen LogP contribution in [0.1, 0.15) is 30.5 Å². The molecule has 0 radical (unpaired) electrons. The maximum Gasteiger partial charge on any atom is 0.119 e. The van der Waals surface area contributed by atoms with Gasteiger partial charge in [-0.2, -0.15) is 0 Å². The van der Waals surface area contributed by atoms with Crippen molar-refractivity contribution in [3.63, 3.8) is 0 Å². The molecule has 13 heavy (non-hydrogen) atoms. The highest BCUT2D eigenvalue weighted by Gasteiger charge is 2.06. The van der Waals surface area contributed by atoms with Crippen LogP contribution in [0.25, 0.3) is 0 Å². The molecular weight excluding hydrogens is 162 g/mol. The molecule has 0 amide bonds. The van der Waals surface area contributed by atoms with Crippen LogP contribution < -0.4 is 0 Å². The van der Waals surface area contributed by atoms with Gasteiger partial charge in [-0.3, -0.25) is 0 Å². The molecule has 0 aliphatic rings. The number of benzene rings is 1. The Labute approximate surface area is 78.7 Å². The lowest BCUT2D eigenvalue weighted by Crippen LogP contribution is -1.98. The minimum absolute atomic E-state index is 0.338. The Morgan fingerprint density at radius 3 is 2.54 bits per heavy atom. The Morgan fingerprint density at radius 2 is 2.08 bits per heavy atom. The van der Waals surface area contributed by atoms with Gasteiger partial charge < -0.3 is 10.5 Å². The molecule has 0 atom stereocenters. The summed E-state index contributed by atoms with van der Waals surface area (Å²) in [4.78, 5) is 0. The van der Waals surface area contributed by atoms with Gasteiger partial charge in [0.1, 0.15) is 5.75 Å². The topological polar surface area (TPSA) is 44.1 Å². The molecule has 0 aliphatic carbocycles. The van der Waals surface area contributed by atoms with E-state index in [4.69, 9.17) is 5.41 Å². The zero-order valence-corrected chi connectivity index (χ0v) is 8.31. The molecule has 1 aromatic rings. The monoisotopic (exact) mass is 177 g/mol. The maximum absolute atomic E-state index is 9.53. The summed E-state index contributed by atoms with van der Waals surface area (Å²) in [6, 6.07) is 3.62. The van der Waals surface area contributed by atoms with E-state index in [-0.39, 0.29) is 0 Å². The summed E-state index contributed by atoms with van der Waals surface area (Å²) in [5.41, 5.74) is 3.34. The molecule has 0 aromatic heterocycles. The molecule has 0 heterocycles. The first kappa shape index (κ1) is 9.78. The van der Waals surface area contributed by atoms with Crippen LogP contribution in [0.15, 0.2) is 12.1 Å². The van der Waals surface area contributed by atoms with Gasteiger partial charge in [-0.15, -0.1) is 0 Å². The van der Waals surface area contributed by atoms with Crippen LogP contribution in [-0.2, 0) is 6.42 Å². The zero-order chi connectivity index (χ0) is 10.0. The van der Waals surface area contributed by atoms with E-state index in [1.54, 1.807) is 13.0 Å². The van der Waals surface area contributed by atoms with Crippen molar-refractivity contribution in [1.29, 1.82) is 5.41 Å². The Bertz CT molecular complexity index is 342. The summed E-state index contributed by atoms with van der Waals surface area (Å²) < 4.78 is 0. The van der Waals surface area contributed by atoms with Crippen LogP contribution >= 0.6 is 0 Å². The highest BCUT2D eigenvalue weighted by atomic mass is 16.3. The van der Waals surface area contributed by atoms with E-state index in [0.717, 1.165) is 23.1 Å². The fraction of sp³-hybridized carbons (Fsp3) is 0.364. The second-order valence-electron chi connectivity index (χ2n) is 3.27. The van der Waals surface area contributed by atoms with Crippen molar-refractivity contribution in [3.8, 4) is 5.75 Å². The molecule has 0 fully saturated rings. The van der Waals surface area contributed by atoms with E-state index in [0.29, 0.717) is 11.5 Å². The lowest BCUT2D eigenvalue weighted by Gasteiger charge is -2.08. The number of phenolic OH excluding ortho intramolecular Hbond substituents is 1. The first-order valence-corrected chi connectivity index (χ1v) is 4.44. The van der Waals surface area contributed by atoms with E-state index >= 15 is 0 Å². The average Bonchev–Trinajstić information content (AvgIpc) is 2.03. The summed E-state index contributed by atoms with van der Waals surface area (Å²) in [6.07, 6.45) is 0.798. The largest absolute Gasteiger partial charge is 0.508 e. The van der Waals surface area contributed by atoms with Crippen LogP contribution in [0, 0.1) is 12.3 Å². The van der Waals surface area contributed by atoms with Gasteiger partial charge >= 0.3 is 0 Å². The number of rotatable bonds is 2. The maximum atomic E-state index is 9.53. The number of nitrogens with one attached hydrogen (secondary N) is 1. The Hall–Kier alpha value is -1.31. The van der Waals surface area contributed by atoms with Gasteiger partial charge in [-0.05, 0) is 49.1 Å². The van der Waals surface area contributed by atoms with Crippen molar-refractivity contribution >= 4 is 5.71 Å². The summed E-state index contributed by atoms with van der Waals surface area (Å²) in [5.74, 6) is 0.338. The Morgan fingerprint density at radius 1 is 1.46 bits per heavy atom. The van der Waals surface area contributed by atoms with Crippen molar-refractivity contribution in [3.05, 3.63) is 28.8 Å². The van der Waals surface area contributed by atoms with Crippen molar-refractivity contribution in [2.45, 2.75) is 27.2 Å². The number of hydrogen-bond acceptors (Lipinski definition) is 2. The van der Waals surface area contributed by atoms with Gasteiger partial charge in [-0.1, -0.05) is 6.92 Å². The average molecular weight is 177 g/mol. The molecule has 1 aromatic carbocycles. The van der Waals surface area contributed by atoms with Crippen LogP contribution in [0.3, 0.4) is 0 Å². The summed E-state index contributed by atoms with van der Waals surface area (Å²) in [6.45, 7) is 5.67. The zero-order valence-electron chi connectivity index (χ0n) is 8.31. The van der Waals surface area contributed by atoms with Gasteiger partial charge in [0.25, 0.3) is 0 Å². The van der Waals surface area contributed by atoms with Gasteiger partial charge in [0.2, 0.25) is 0 Å². The molecular formula is C11H15NO. The van der Waals surface area contributed by atoms with Crippen molar-refractivity contribution in [2.75, 3.05) is 0 Å². The minimum Gasteiger partial charge on any atom is -0.508 e. The first-order chi connectivity index (χ1) is 6.06. The second-order valence-corrected chi connectivity index (χ2v) is 3.27. The van der Waals surface area contributed by atoms with E-state index < -0.39 is 0 Å². The van der Waals surface area contributed by atoms with Crippen molar-refractivity contribution in [1.82, 2.24) is 0 Å². The Balaban J connectivity index is 3.30. The molecule has 0 bridgehead atoms. The molecule has 70 valence electrons. The van der Waals surface area contributed by atoms with E-state index in [9.17, 15) is 5.11 Å². The first-order valence-electron chi connectivity index (χ1n) is 4.44. The van der Waals surface area contributed by atoms with Crippen LogP contribution in [0.4, 0.5) is 0 Å². The highest BCUT2D eigenvalue weighted by Crippen LogP contribution is 2.22. The van der Waals surface area contributed by atoms with E-state index in [2.05, 4.69) is 0 Å². The normalized spacial score (nSPS) is 10.1. The molecule has 0 saturated carbocycles. The van der Waals surface area contributed by atoms with Crippen molar-refractivity contribution < 1.29 is 5.11 Å². The predicted molar refractivity (Wildman–Crippen MR) is 54.7 cm³/mol. The van der Waals surface area contributed by atoms with Crippen LogP contribution in [0.5, 0.6) is 5.75 Å². The molecule has 1 rings (SSSR count).